The number of hydrogen-bond acceptors (Lipinski definition) is 5. The maximum Gasteiger partial charge on any atom is 0.134 e. The van der Waals surface area contributed by atoms with E-state index in [0.29, 0.717) is 0 Å². The van der Waals surface area contributed by atoms with Crippen LogP contribution in [0.4, 0.5) is 11.6 Å². The van der Waals surface area contributed by atoms with Crippen LogP contribution in [0.25, 0.3) is 0 Å². The predicted molar refractivity (Wildman–Crippen MR) is 79.5 cm³/mol. The van der Waals surface area contributed by atoms with E-state index < -0.39 is 0 Å². The van der Waals surface area contributed by atoms with E-state index >= 15 is 0 Å². The van der Waals surface area contributed by atoms with Crippen molar-refractivity contribution in [2.75, 3.05) is 30.3 Å². The summed E-state index contributed by atoms with van der Waals surface area (Å²) in [7, 11) is 0. The van der Waals surface area contributed by atoms with Gasteiger partial charge in [0.25, 0.3) is 0 Å². The Morgan fingerprint density at radius 1 is 1.11 bits per heavy atom. The first-order valence-corrected chi connectivity index (χ1v) is 7.02. The smallest absolute Gasteiger partial charge is 0.134 e. The van der Waals surface area contributed by atoms with E-state index in [1.807, 2.05) is 13.8 Å². The van der Waals surface area contributed by atoms with Crippen LogP contribution in [0.5, 0.6) is 0 Å². The predicted octanol–water partition coefficient (Wildman–Crippen LogP) is 2.43. The molecular weight excluding hydrogens is 240 g/mol. The van der Waals surface area contributed by atoms with Gasteiger partial charge in [-0.1, -0.05) is 13.8 Å². The van der Waals surface area contributed by atoms with Crippen LogP contribution in [0.3, 0.4) is 0 Å². The minimum absolute atomic E-state index is 0.0737. The van der Waals surface area contributed by atoms with Gasteiger partial charge >= 0.3 is 0 Å². The average Bonchev–Trinajstić information content (AvgIpc) is 2.45. The van der Waals surface area contributed by atoms with Gasteiger partial charge in [0.1, 0.15) is 18.0 Å². The molecule has 0 amide bonds. The zero-order valence-corrected chi connectivity index (χ0v) is 12.5. The summed E-state index contributed by atoms with van der Waals surface area (Å²) in [5.74, 6) is 1.70. The highest BCUT2D eigenvalue weighted by molar-refractivity contribution is 5.56. The van der Waals surface area contributed by atoms with Crippen molar-refractivity contribution in [3.63, 3.8) is 0 Å². The van der Waals surface area contributed by atoms with Crippen LogP contribution in [0.15, 0.2) is 6.33 Å². The second kappa shape index (κ2) is 7.28. The summed E-state index contributed by atoms with van der Waals surface area (Å²) in [6, 6.07) is 0. The third-order valence-electron chi connectivity index (χ3n) is 3.89. The molecule has 1 heterocycles. The van der Waals surface area contributed by atoms with E-state index in [1.165, 1.54) is 0 Å². The van der Waals surface area contributed by atoms with Gasteiger partial charge in [-0.15, -0.1) is 0 Å². The molecular formula is C14H26N4O. The van der Waals surface area contributed by atoms with Crippen molar-refractivity contribution in [2.45, 2.75) is 40.5 Å². The molecule has 0 saturated heterocycles. The summed E-state index contributed by atoms with van der Waals surface area (Å²) in [6.07, 6.45) is 3.44. The van der Waals surface area contributed by atoms with Crippen LogP contribution in [0.1, 0.15) is 39.2 Å². The van der Waals surface area contributed by atoms with E-state index in [2.05, 4.69) is 34.4 Å². The Bertz CT molecular complexity index is 383. The molecule has 0 aliphatic heterocycles. The molecule has 0 aliphatic carbocycles. The number of aliphatic hydroxyl groups is 1. The summed E-state index contributed by atoms with van der Waals surface area (Å²) in [6.45, 7) is 10.0. The summed E-state index contributed by atoms with van der Waals surface area (Å²) in [5.41, 5.74) is 0.943. The molecule has 0 unspecified atom stereocenters. The molecule has 0 radical (unpaired) electrons. The van der Waals surface area contributed by atoms with Gasteiger partial charge in [0, 0.05) is 24.1 Å². The normalized spacial score (nSPS) is 11.4. The molecule has 0 bridgehead atoms. The summed E-state index contributed by atoms with van der Waals surface area (Å²) in [4.78, 5) is 8.51. The number of aromatic nitrogens is 2. The van der Waals surface area contributed by atoms with Crippen LogP contribution >= 0.6 is 0 Å². The molecule has 0 atom stereocenters. The molecule has 5 heteroatoms. The van der Waals surface area contributed by atoms with Gasteiger partial charge < -0.3 is 15.7 Å². The topological polar surface area (TPSA) is 70.1 Å². The number of hydrogen-bond donors (Lipinski definition) is 3. The maximum absolute atomic E-state index is 9.58. The van der Waals surface area contributed by atoms with E-state index in [9.17, 15) is 5.11 Å². The van der Waals surface area contributed by atoms with Crippen LogP contribution in [0.2, 0.25) is 0 Å². The first kappa shape index (κ1) is 15.7. The highest BCUT2D eigenvalue weighted by Crippen LogP contribution is 2.27. The molecule has 108 valence electrons. The number of rotatable bonds is 8. The number of aliphatic hydroxyl groups excluding tert-OH is 1. The number of nitrogens with one attached hydrogen (secondary N) is 2. The highest BCUT2D eigenvalue weighted by Gasteiger charge is 2.25. The molecule has 19 heavy (non-hydrogen) atoms. The molecule has 3 N–H and O–H groups in total. The van der Waals surface area contributed by atoms with Crippen molar-refractivity contribution in [3.05, 3.63) is 11.9 Å². The van der Waals surface area contributed by atoms with Crippen LogP contribution < -0.4 is 10.6 Å². The van der Waals surface area contributed by atoms with Crippen molar-refractivity contribution >= 4 is 11.6 Å². The molecule has 1 aromatic heterocycles. The molecule has 5 nitrogen and oxygen atoms in total. The Hall–Kier alpha value is -1.36. The van der Waals surface area contributed by atoms with E-state index in [-0.39, 0.29) is 12.0 Å². The van der Waals surface area contributed by atoms with Gasteiger partial charge in [-0.3, -0.25) is 0 Å². The van der Waals surface area contributed by atoms with Gasteiger partial charge in [0.15, 0.2) is 0 Å². The fraction of sp³-hybridized carbons (Fsp3) is 0.714. The van der Waals surface area contributed by atoms with Gasteiger partial charge in [-0.05, 0) is 26.7 Å². The van der Waals surface area contributed by atoms with Crippen molar-refractivity contribution in [3.8, 4) is 0 Å². The summed E-state index contributed by atoms with van der Waals surface area (Å²) in [5, 5.41) is 16.1. The second-order valence-corrected chi connectivity index (χ2v) is 4.94. The molecule has 1 rings (SSSR count). The van der Waals surface area contributed by atoms with Crippen molar-refractivity contribution in [2.24, 2.45) is 5.41 Å². The third kappa shape index (κ3) is 3.80. The van der Waals surface area contributed by atoms with Crippen molar-refractivity contribution in [1.82, 2.24) is 9.97 Å². The van der Waals surface area contributed by atoms with E-state index in [0.717, 1.165) is 43.1 Å². The van der Waals surface area contributed by atoms with Gasteiger partial charge in [0.05, 0.1) is 6.61 Å². The van der Waals surface area contributed by atoms with E-state index in [4.69, 9.17) is 0 Å². The Labute approximate surface area is 115 Å². The molecule has 1 aromatic rings. The fourth-order valence-corrected chi connectivity index (χ4v) is 2.02. The van der Waals surface area contributed by atoms with Crippen LogP contribution in [-0.2, 0) is 0 Å². The van der Waals surface area contributed by atoms with Crippen LogP contribution in [0, 0.1) is 12.3 Å². The zero-order valence-electron chi connectivity index (χ0n) is 12.5. The first-order valence-electron chi connectivity index (χ1n) is 7.02. The maximum atomic E-state index is 9.58. The van der Waals surface area contributed by atoms with Gasteiger partial charge in [0.2, 0.25) is 0 Å². The molecule has 0 saturated carbocycles. The van der Waals surface area contributed by atoms with Gasteiger partial charge in [-0.25, -0.2) is 9.97 Å². The standard InChI is InChI=1S/C14H26N4O/c1-5-14(6-2,9-19)8-16-13-11(4)12(15-7-3)17-10-18-13/h10,19H,5-9H2,1-4H3,(H2,15,16,17,18). The molecule has 0 aliphatic rings. The molecule has 0 spiro atoms. The zero-order chi connectivity index (χ0) is 14.3. The monoisotopic (exact) mass is 266 g/mol. The Morgan fingerprint density at radius 3 is 2.16 bits per heavy atom. The summed E-state index contributed by atoms with van der Waals surface area (Å²) >= 11 is 0. The molecule has 0 fully saturated rings. The number of nitrogens with zero attached hydrogens (tertiary/aromatic N) is 2. The second-order valence-electron chi connectivity index (χ2n) is 4.94. The van der Waals surface area contributed by atoms with Crippen LogP contribution in [-0.4, -0.2) is 34.8 Å². The lowest BCUT2D eigenvalue weighted by molar-refractivity contribution is 0.127. The average molecular weight is 266 g/mol. The minimum Gasteiger partial charge on any atom is -0.396 e. The lowest BCUT2D eigenvalue weighted by Crippen LogP contribution is -2.32. The van der Waals surface area contributed by atoms with Gasteiger partial charge in [-0.2, -0.15) is 0 Å². The Kier molecular flexibility index (Phi) is 6.02. The first-order chi connectivity index (χ1) is 9.12. The van der Waals surface area contributed by atoms with E-state index in [1.54, 1.807) is 6.33 Å². The summed E-state index contributed by atoms with van der Waals surface area (Å²) < 4.78 is 0. The Balaban J connectivity index is 2.80. The number of anilines is 2. The Morgan fingerprint density at radius 2 is 1.68 bits per heavy atom. The van der Waals surface area contributed by atoms with Crippen molar-refractivity contribution < 1.29 is 5.11 Å². The quantitative estimate of drug-likeness (QED) is 0.674. The fourth-order valence-electron chi connectivity index (χ4n) is 2.02. The highest BCUT2D eigenvalue weighted by atomic mass is 16.3. The lowest BCUT2D eigenvalue weighted by Gasteiger charge is -2.30. The molecule has 0 aromatic carbocycles. The van der Waals surface area contributed by atoms with Crippen molar-refractivity contribution in [1.29, 1.82) is 0 Å². The third-order valence-corrected chi connectivity index (χ3v) is 3.89. The SMILES string of the molecule is CCNc1ncnc(NCC(CC)(CC)CO)c1C. The lowest BCUT2D eigenvalue weighted by atomic mass is 9.83. The minimum atomic E-state index is -0.0737. The largest absolute Gasteiger partial charge is 0.396 e.